The average Bonchev–Trinajstić information content (AvgIpc) is 3.20. The summed E-state index contributed by atoms with van der Waals surface area (Å²) in [6, 6.07) is 3.14. The lowest BCUT2D eigenvalue weighted by Gasteiger charge is -2.29. The Bertz CT molecular complexity index is 1000. The molecule has 3 heterocycles. The molecule has 1 aromatic heterocycles. The van der Waals surface area contributed by atoms with Crippen molar-refractivity contribution in [3.8, 4) is 0 Å². The Balaban J connectivity index is 1.77. The van der Waals surface area contributed by atoms with Gasteiger partial charge in [0, 0.05) is 49.7 Å². The third kappa shape index (κ3) is 4.53. The van der Waals surface area contributed by atoms with Gasteiger partial charge in [0.15, 0.2) is 23.1 Å². The number of hydrogen-bond donors (Lipinski definition) is 0. The minimum Gasteiger partial charge on any atom is -0.336 e. The first kappa shape index (κ1) is 22.8. The van der Waals surface area contributed by atoms with E-state index in [9.17, 15) is 18.4 Å². The van der Waals surface area contributed by atoms with Crippen LogP contribution in [0.4, 0.5) is 14.6 Å². The normalized spacial score (nSPS) is 16.0. The lowest BCUT2D eigenvalue weighted by Crippen LogP contribution is -2.41. The van der Waals surface area contributed by atoms with Crippen molar-refractivity contribution in [2.24, 2.45) is 0 Å². The monoisotopic (exact) mass is 462 g/mol. The maximum absolute atomic E-state index is 13.9. The molecule has 0 bridgehead atoms. The van der Waals surface area contributed by atoms with Crippen LogP contribution in [0.1, 0.15) is 59.3 Å². The fourth-order valence-corrected chi connectivity index (χ4v) is 5.09. The molecule has 2 aliphatic rings. The van der Waals surface area contributed by atoms with Crippen LogP contribution in [0.2, 0.25) is 0 Å². The number of benzene rings is 1. The summed E-state index contributed by atoms with van der Waals surface area (Å²) in [4.78, 5) is 35.1. The van der Waals surface area contributed by atoms with E-state index in [1.807, 2.05) is 28.2 Å². The van der Waals surface area contributed by atoms with Gasteiger partial charge in [-0.2, -0.15) is 11.8 Å². The van der Waals surface area contributed by atoms with Crippen molar-refractivity contribution < 1.29 is 18.4 Å². The van der Waals surface area contributed by atoms with Gasteiger partial charge in [-0.15, -0.1) is 0 Å². The SMILES string of the molecule is CCCCN(C(=O)c1ccc(F)c(F)c1)c1nc2n(c1C(=O)N1CCSCC1)CCCC2. The van der Waals surface area contributed by atoms with Crippen molar-refractivity contribution in [1.82, 2.24) is 14.5 Å². The van der Waals surface area contributed by atoms with Gasteiger partial charge in [0.05, 0.1) is 0 Å². The maximum atomic E-state index is 13.9. The van der Waals surface area contributed by atoms with Crippen LogP contribution in [0.5, 0.6) is 0 Å². The molecular formula is C23H28F2N4O2S. The molecule has 0 aliphatic carbocycles. The van der Waals surface area contributed by atoms with E-state index < -0.39 is 17.5 Å². The first-order valence-electron chi connectivity index (χ1n) is 11.2. The predicted octanol–water partition coefficient (Wildman–Crippen LogP) is 4.13. The molecule has 1 aromatic carbocycles. The highest BCUT2D eigenvalue weighted by Gasteiger charge is 2.33. The van der Waals surface area contributed by atoms with E-state index in [1.54, 1.807) is 0 Å². The number of halogens is 2. The lowest BCUT2D eigenvalue weighted by atomic mass is 10.1. The summed E-state index contributed by atoms with van der Waals surface area (Å²) < 4.78 is 29.3. The van der Waals surface area contributed by atoms with Crippen LogP contribution in [0, 0.1) is 11.6 Å². The first-order valence-corrected chi connectivity index (χ1v) is 12.4. The summed E-state index contributed by atoms with van der Waals surface area (Å²) in [5.41, 5.74) is 0.484. The van der Waals surface area contributed by atoms with Gasteiger partial charge in [-0.3, -0.25) is 14.5 Å². The van der Waals surface area contributed by atoms with Crippen LogP contribution in [-0.4, -0.2) is 57.4 Å². The van der Waals surface area contributed by atoms with Crippen LogP contribution < -0.4 is 4.90 Å². The molecule has 0 atom stereocenters. The lowest BCUT2D eigenvalue weighted by molar-refractivity contribution is 0.0761. The van der Waals surface area contributed by atoms with E-state index in [-0.39, 0.29) is 11.5 Å². The third-order valence-corrected chi connectivity index (χ3v) is 6.91. The molecule has 0 unspecified atom stereocenters. The number of aromatic nitrogens is 2. The molecule has 0 saturated carbocycles. The van der Waals surface area contributed by atoms with Crippen LogP contribution in [-0.2, 0) is 13.0 Å². The van der Waals surface area contributed by atoms with Gasteiger partial charge in [0.25, 0.3) is 11.8 Å². The van der Waals surface area contributed by atoms with E-state index in [1.165, 1.54) is 11.0 Å². The number of amides is 2. The van der Waals surface area contributed by atoms with Crippen molar-refractivity contribution in [3.05, 3.63) is 46.9 Å². The topological polar surface area (TPSA) is 58.4 Å². The van der Waals surface area contributed by atoms with Gasteiger partial charge in [-0.1, -0.05) is 13.3 Å². The van der Waals surface area contributed by atoms with Crippen LogP contribution in [0.15, 0.2) is 18.2 Å². The molecule has 2 aliphatic heterocycles. The Morgan fingerprint density at radius 2 is 1.91 bits per heavy atom. The second-order valence-electron chi connectivity index (χ2n) is 8.15. The largest absolute Gasteiger partial charge is 0.336 e. The fraction of sp³-hybridized carbons (Fsp3) is 0.522. The van der Waals surface area contributed by atoms with Gasteiger partial charge in [-0.25, -0.2) is 13.8 Å². The average molecular weight is 463 g/mol. The summed E-state index contributed by atoms with van der Waals surface area (Å²) in [5, 5.41) is 0. The van der Waals surface area contributed by atoms with E-state index in [0.717, 1.165) is 55.1 Å². The van der Waals surface area contributed by atoms with Crippen LogP contribution in [0.25, 0.3) is 0 Å². The molecular weight excluding hydrogens is 434 g/mol. The minimum absolute atomic E-state index is 0.0405. The quantitative estimate of drug-likeness (QED) is 0.648. The fourth-order valence-electron chi connectivity index (χ4n) is 4.19. The van der Waals surface area contributed by atoms with Crippen LogP contribution in [0.3, 0.4) is 0 Å². The molecule has 4 rings (SSSR count). The summed E-state index contributed by atoms with van der Waals surface area (Å²) >= 11 is 1.82. The smallest absolute Gasteiger partial charge is 0.274 e. The van der Waals surface area contributed by atoms with Gasteiger partial charge >= 0.3 is 0 Å². The molecule has 1 fully saturated rings. The number of hydrogen-bond acceptors (Lipinski definition) is 4. The zero-order chi connectivity index (χ0) is 22.7. The van der Waals surface area contributed by atoms with E-state index >= 15 is 0 Å². The number of thioether (sulfide) groups is 1. The number of unbranched alkanes of at least 4 members (excludes halogenated alkanes) is 1. The predicted molar refractivity (Wildman–Crippen MR) is 121 cm³/mol. The van der Waals surface area contributed by atoms with Crippen molar-refractivity contribution in [1.29, 1.82) is 0 Å². The van der Waals surface area contributed by atoms with E-state index in [4.69, 9.17) is 4.98 Å². The number of carbonyl (C=O) groups is 2. The Morgan fingerprint density at radius 3 is 2.62 bits per heavy atom. The number of anilines is 1. The highest BCUT2D eigenvalue weighted by atomic mass is 32.2. The molecule has 2 aromatic rings. The highest BCUT2D eigenvalue weighted by molar-refractivity contribution is 7.99. The van der Waals surface area contributed by atoms with Gasteiger partial charge in [0.1, 0.15) is 5.82 Å². The van der Waals surface area contributed by atoms with Gasteiger partial charge < -0.3 is 9.47 Å². The second-order valence-corrected chi connectivity index (χ2v) is 9.38. The second kappa shape index (κ2) is 10.0. The number of carbonyl (C=O) groups excluding carboxylic acids is 2. The van der Waals surface area contributed by atoms with Crippen molar-refractivity contribution >= 4 is 29.4 Å². The summed E-state index contributed by atoms with van der Waals surface area (Å²) in [6.45, 7) is 4.37. The summed E-state index contributed by atoms with van der Waals surface area (Å²) in [5.74, 6) is 0.256. The first-order chi connectivity index (χ1) is 15.5. The molecule has 32 heavy (non-hydrogen) atoms. The molecule has 172 valence electrons. The third-order valence-electron chi connectivity index (χ3n) is 5.96. The number of rotatable bonds is 6. The number of fused-ring (bicyclic) bond motifs is 1. The molecule has 1 saturated heterocycles. The van der Waals surface area contributed by atoms with Gasteiger partial charge in [0.2, 0.25) is 0 Å². The Hall–Kier alpha value is -2.42. The maximum Gasteiger partial charge on any atom is 0.274 e. The van der Waals surface area contributed by atoms with E-state index in [2.05, 4.69) is 0 Å². The van der Waals surface area contributed by atoms with Crippen molar-refractivity contribution in [3.63, 3.8) is 0 Å². The van der Waals surface area contributed by atoms with Gasteiger partial charge in [-0.05, 0) is 37.5 Å². The summed E-state index contributed by atoms with van der Waals surface area (Å²) in [6.07, 6.45) is 4.21. The molecule has 0 N–H and O–H groups in total. The Morgan fingerprint density at radius 1 is 1.12 bits per heavy atom. The Labute approximate surface area is 191 Å². The zero-order valence-corrected chi connectivity index (χ0v) is 19.1. The molecule has 2 amide bonds. The van der Waals surface area contributed by atoms with E-state index in [0.29, 0.717) is 44.1 Å². The van der Waals surface area contributed by atoms with Crippen molar-refractivity contribution in [2.75, 3.05) is 36.0 Å². The molecule has 9 heteroatoms. The molecule has 0 radical (unpaired) electrons. The number of aryl methyl sites for hydroxylation is 1. The summed E-state index contributed by atoms with van der Waals surface area (Å²) in [7, 11) is 0. The van der Waals surface area contributed by atoms with Crippen LogP contribution >= 0.6 is 11.8 Å². The molecule has 6 nitrogen and oxygen atoms in total. The standard InChI is InChI=1S/C23H28F2N4O2S/c1-2-3-9-29(22(30)16-7-8-17(24)18(25)15-16)21-20(23(31)27-11-13-32-14-12-27)28-10-5-4-6-19(28)26-21/h7-8,15H,2-6,9-14H2,1H3. The zero-order valence-electron chi connectivity index (χ0n) is 18.3. The Kier molecular flexibility index (Phi) is 7.13. The number of imidazole rings is 1. The minimum atomic E-state index is -1.07. The molecule has 0 spiro atoms. The van der Waals surface area contributed by atoms with Crippen molar-refractivity contribution in [2.45, 2.75) is 45.6 Å². The highest BCUT2D eigenvalue weighted by Crippen LogP contribution is 2.30. The number of nitrogens with zero attached hydrogens (tertiary/aromatic N) is 4.